The monoisotopic (exact) mass is 214 g/mol. The highest BCUT2D eigenvalue weighted by atomic mass is 16.2. The summed E-state index contributed by atoms with van der Waals surface area (Å²) >= 11 is 0. The Morgan fingerprint density at radius 3 is 2.60 bits per heavy atom. The van der Waals surface area contributed by atoms with Crippen molar-refractivity contribution in [1.29, 1.82) is 0 Å². The van der Waals surface area contributed by atoms with Gasteiger partial charge in [0.2, 0.25) is 5.91 Å². The van der Waals surface area contributed by atoms with Crippen LogP contribution in [0.1, 0.15) is 26.2 Å². The van der Waals surface area contributed by atoms with Crippen LogP contribution in [0.5, 0.6) is 0 Å². The van der Waals surface area contributed by atoms with Crippen LogP contribution < -0.4 is 17.0 Å². The van der Waals surface area contributed by atoms with Gasteiger partial charge in [-0.1, -0.05) is 13.3 Å². The summed E-state index contributed by atoms with van der Waals surface area (Å²) in [6.45, 7) is 2.71. The maximum atomic E-state index is 11.5. The molecule has 0 aromatic rings. The van der Waals surface area contributed by atoms with E-state index < -0.39 is 0 Å². The predicted molar refractivity (Wildman–Crippen MR) is 55.3 cm³/mol. The topological polar surface area (TPSA) is 101 Å². The first-order valence-electron chi connectivity index (χ1n) is 5.17. The second-order valence-electron chi connectivity index (χ2n) is 3.76. The summed E-state index contributed by atoms with van der Waals surface area (Å²) in [7, 11) is 0. The molecule has 0 aromatic carbocycles. The average Bonchev–Trinajstić information content (AvgIpc) is 2.13. The molecule has 1 aliphatic heterocycles. The summed E-state index contributed by atoms with van der Waals surface area (Å²) in [5, 5.41) is 0. The van der Waals surface area contributed by atoms with E-state index in [9.17, 15) is 9.59 Å². The van der Waals surface area contributed by atoms with Gasteiger partial charge in [-0.2, -0.15) is 0 Å². The molecular weight excluding hydrogens is 196 g/mol. The largest absolute Gasteiger partial charge is 0.368 e. The Morgan fingerprint density at radius 1 is 1.60 bits per heavy atom. The van der Waals surface area contributed by atoms with Crippen molar-refractivity contribution < 1.29 is 9.59 Å². The average molecular weight is 214 g/mol. The number of carbonyl (C=O) groups excluding carboxylic acids is 2. The van der Waals surface area contributed by atoms with Crippen LogP contribution in [-0.2, 0) is 9.59 Å². The van der Waals surface area contributed by atoms with Crippen LogP contribution in [0.15, 0.2) is 0 Å². The van der Waals surface area contributed by atoms with E-state index in [2.05, 4.69) is 5.43 Å². The summed E-state index contributed by atoms with van der Waals surface area (Å²) in [4.78, 5) is 24.3. The minimum absolute atomic E-state index is 0.247. The van der Waals surface area contributed by atoms with Gasteiger partial charge in [-0.15, -0.1) is 0 Å². The molecule has 0 bridgehead atoms. The van der Waals surface area contributed by atoms with Gasteiger partial charge < -0.3 is 5.73 Å². The van der Waals surface area contributed by atoms with E-state index in [0.717, 1.165) is 19.4 Å². The number of nitrogens with one attached hydrogen (secondary N) is 1. The van der Waals surface area contributed by atoms with Crippen molar-refractivity contribution in [3.05, 3.63) is 0 Å². The van der Waals surface area contributed by atoms with E-state index in [4.69, 9.17) is 11.6 Å². The Balaban J connectivity index is 2.64. The molecule has 1 saturated heterocycles. The van der Waals surface area contributed by atoms with Gasteiger partial charge in [0.15, 0.2) is 0 Å². The maximum Gasteiger partial charge on any atom is 0.251 e. The lowest BCUT2D eigenvalue weighted by molar-refractivity contribution is -0.137. The van der Waals surface area contributed by atoms with Crippen LogP contribution in [0.25, 0.3) is 0 Å². The molecule has 1 fully saturated rings. The fourth-order valence-electron chi connectivity index (χ4n) is 1.90. The highest BCUT2D eigenvalue weighted by Gasteiger charge is 2.39. The molecule has 86 valence electrons. The first-order valence-corrected chi connectivity index (χ1v) is 5.17. The number of primary amides is 1. The quantitative estimate of drug-likeness (QED) is 0.301. The normalized spacial score (nSPS) is 22.9. The van der Waals surface area contributed by atoms with E-state index in [1.165, 1.54) is 0 Å². The van der Waals surface area contributed by atoms with Crippen molar-refractivity contribution in [1.82, 2.24) is 10.3 Å². The predicted octanol–water partition coefficient (Wildman–Crippen LogP) is -1.30. The zero-order valence-corrected chi connectivity index (χ0v) is 8.90. The molecule has 6 nitrogen and oxygen atoms in total. The zero-order valence-electron chi connectivity index (χ0n) is 8.90. The molecule has 0 radical (unpaired) electrons. The van der Waals surface area contributed by atoms with Crippen LogP contribution in [0.2, 0.25) is 0 Å². The fourth-order valence-corrected chi connectivity index (χ4v) is 1.90. The molecule has 0 aromatic heterocycles. The van der Waals surface area contributed by atoms with Gasteiger partial charge in [0.25, 0.3) is 5.91 Å². The van der Waals surface area contributed by atoms with E-state index in [1.807, 2.05) is 11.8 Å². The molecule has 6 heteroatoms. The third-order valence-electron chi connectivity index (χ3n) is 2.80. The van der Waals surface area contributed by atoms with Crippen LogP contribution in [0.4, 0.5) is 0 Å². The number of nitrogens with zero attached hydrogens (tertiary/aromatic N) is 1. The fraction of sp³-hybridized carbons (Fsp3) is 0.778. The molecule has 0 saturated carbocycles. The molecule has 2 atom stereocenters. The Kier molecular flexibility index (Phi) is 4.05. The van der Waals surface area contributed by atoms with E-state index in [0.29, 0.717) is 6.42 Å². The summed E-state index contributed by atoms with van der Waals surface area (Å²) < 4.78 is 0. The molecule has 2 unspecified atom stereocenters. The number of carbonyl (C=O) groups is 2. The van der Waals surface area contributed by atoms with E-state index in [-0.39, 0.29) is 23.9 Å². The molecule has 0 aliphatic carbocycles. The standard InChI is InChI=1S/C9H18N4O2/c1-2-3-7(9(15)12-11)13-5-4-6(13)8(10)14/h6-7H,2-5,11H2,1H3,(H2,10,14)(H,12,15). The number of likely N-dealkylation sites (tertiary alicyclic amines) is 1. The second-order valence-corrected chi connectivity index (χ2v) is 3.76. The first kappa shape index (κ1) is 11.9. The van der Waals surface area contributed by atoms with Gasteiger partial charge in [-0.25, -0.2) is 5.84 Å². The van der Waals surface area contributed by atoms with Gasteiger partial charge in [0.1, 0.15) is 0 Å². The number of hydrogen-bond donors (Lipinski definition) is 3. The van der Waals surface area contributed by atoms with Crippen molar-refractivity contribution in [3.63, 3.8) is 0 Å². The Bertz CT molecular complexity index is 256. The molecule has 1 rings (SSSR count). The number of rotatable bonds is 5. The van der Waals surface area contributed by atoms with Crippen LogP contribution in [0, 0.1) is 0 Å². The second kappa shape index (κ2) is 5.09. The smallest absolute Gasteiger partial charge is 0.251 e. The lowest BCUT2D eigenvalue weighted by atomic mass is 9.96. The van der Waals surface area contributed by atoms with Gasteiger partial charge in [0, 0.05) is 6.54 Å². The molecule has 2 amide bonds. The van der Waals surface area contributed by atoms with Crippen molar-refractivity contribution >= 4 is 11.8 Å². The number of hydrazine groups is 1. The number of nitrogens with two attached hydrogens (primary N) is 2. The highest BCUT2D eigenvalue weighted by molar-refractivity contribution is 5.85. The van der Waals surface area contributed by atoms with E-state index >= 15 is 0 Å². The summed E-state index contributed by atoms with van der Waals surface area (Å²) in [5.74, 6) is 4.48. The molecule has 5 N–H and O–H groups in total. The Morgan fingerprint density at radius 2 is 2.27 bits per heavy atom. The van der Waals surface area contributed by atoms with Crippen molar-refractivity contribution in [2.45, 2.75) is 38.3 Å². The molecule has 1 aliphatic rings. The maximum absolute atomic E-state index is 11.5. The minimum atomic E-state index is -0.368. The van der Waals surface area contributed by atoms with E-state index in [1.54, 1.807) is 0 Å². The van der Waals surface area contributed by atoms with Gasteiger partial charge in [-0.3, -0.25) is 19.9 Å². The first-order chi connectivity index (χ1) is 7.11. The lowest BCUT2D eigenvalue weighted by Gasteiger charge is -2.43. The summed E-state index contributed by atoms with van der Waals surface area (Å²) in [5.41, 5.74) is 7.35. The third-order valence-corrected chi connectivity index (χ3v) is 2.80. The van der Waals surface area contributed by atoms with Gasteiger partial charge in [-0.05, 0) is 12.8 Å². The van der Waals surface area contributed by atoms with Crippen molar-refractivity contribution in [2.24, 2.45) is 11.6 Å². The Hall–Kier alpha value is -1.14. The highest BCUT2D eigenvalue weighted by Crippen LogP contribution is 2.22. The van der Waals surface area contributed by atoms with Crippen molar-refractivity contribution in [2.75, 3.05) is 6.54 Å². The van der Waals surface area contributed by atoms with Crippen molar-refractivity contribution in [3.8, 4) is 0 Å². The van der Waals surface area contributed by atoms with Crippen LogP contribution in [0.3, 0.4) is 0 Å². The van der Waals surface area contributed by atoms with Crippen LogP contribution >= 0.6 is 0 Å². The number of hydrogen-bond acceptors (Lipinski definition) is 4. The molecular formula is C9H18N4O2. The summed E-state index contributed by atoms with van der Waals surface area (Å²) in [6.07, 6.45) is 2.28. The van der Waals surface area contributed by atoms with Gasteiger partial charge >= 0.3 is 0 Å². The lowest BCUT2D eigenvalue weighted by Crippen LogP contribution is -2.62. The minimum Gasteiger partial charge on any atom is -0.368 e. The zero-order chi connectivity index (χ0) is 11.4. The third kappa shape index (κ3) is 2.45. The molecule has 15 heavy (non-hydrogen) atoms. The van der Waals surface area contributed by atoms with Crippen LogP contribution in [-0.4, -0.2) is 35.3 Å². The SMILES string of the molecule is CCCC(C(=O)NN)N1CCC1C(N)=O. The molecule has 0 spiro atoms. The number of amides is 2. The molecule has 1 heterocycles. The van der Waals surface area contributed by atoms with Gasteiger partial charge in [0.05, 0.1) is 12.1 Å². The Labute approximate surface area is 88.9 Å². The summed E-state index contributed by atoms with van der Waals surface area (Å²) in [6, 6.07) is -0.634.